The molecule has 1 aliphatic carbocycles. The van der Waals surface area contributed by atoms with Gasteiger partial charge in [-0.15, -0.1) is 0 Å². The fourth-order valence-corrected chi connectivity index (χ4v) is 3.21. The van der Waals surface area contributed by atoms with E-state index in [9.17, 15) is 5.11 Å². The predicted molar refractivity (Wildman–Crippen MR) is 73.6 cm³/mol. The smallest absolute Gasteiger partial charge is 0.0771 e. The van der Waals surface area contributed by atoms with Crippen LogP contribution in [0.2, 0.25) is 0 Å². The first-order chi connectivity index (χ1) is 8.59. The van der Waals surface area contributed by atoms with E-state index in [2.05, 4.69) is 19.2 Å². The SMILES string of the molecule is CC1CCC(O)(CN[C@@H](C)C2CCOCC2)CC1. The van der Waals surface area contributed by atoms with Crippen molar-refractivity contribution in [2.75, 3.05) is 19.8 Å². The summed E-state index contributed by atoms with van der Waals surface area (Å²) in [5, 5.41) is 14.1. The first kappa shape index (κ1) is 14.3. The van der Waals surface area contributed by atoms with E-state index >= 15 is 0 Å². The zero-order valence-corrected chi connectivity index (χ0v) is 12.0. The molecule has 0 aromatic heterocycles. The molecule has 0 aromatic carbocycles. The van der Waals surface area contributed by atoms with Crippen LogP contribution in [0.5, 0.6) is 0 Å². The summed E-state index contributed by atoms with van der Waals surface area (Å²) in [4.78, 5) is 0. The van der Waals surface area contributed by atoms with Crippen LogP contribution in [0, 0.1) is 11.8 Å². The lowest BCUT2D eigenvalue weighted by Gasteiger charge is -2.37. The van der Waals surface area contributed by atoms with E-state index in [1.807, 2.05) is 0 Å². The summed E-state index contributed by atoms with van der Waals surface area (Å²) in [6, 6.07) is 0.497. The normalized spacial score (nSPS) is 36.5. The summed E-state index contributed by atoms with van der Waals surface area (Å²) >= 11 is 0. The summed E-state index contributed by atoms with van der Waals surface area (Å²) in [6.07, 6.45) is 6.57. The molecule has 2 aliphatic rings. The van der Waals surface area contributed by atoms with Crippen molar-refractivity contribution in [3.63, 3.8) is 0 Å². The number of nitrogens with one attached hydrogen (secondary N) is 1. The zero-order valence-electron chi connectivity index (χ0n) is 12.0. The van der Waals surface area contributed by atoms with Crippen molar-refractivity contribution >= 4 is 0 Å². The molecular weight excluding hydrogens is 226 g/mol. The highest BCUT2D eigenvalue weighted by Crippen LogP contribution is 2.31. The highest BCUT2D eigenvalue weighted by atomic mass is 16.5. The molecule has 3 heteroatoms. The number of rotatable bonds is 4. The Balaban J connectivity index is 1.72. The highest BCUT2D eigenvalue weighted by Gasteiger charge is 2.32. The van der Waals surface area contributed by atoms with Crippen LogP contribution in [0.15, 0.2) is 0 Å². The number of ether oxygens (including phenoxy) is 1. The van der Waals surface area contributed by atoms with Gasteiger partial charge in [0.1, 0.15) is 0 Å². The quantitative estimate of drug-likeness (QED) is 0.810. The summed E-state index contributed by atoms with van der Waals surface area (Å²) < 4.78 is 5.40. The fraction of sp³-hybridized carbons (Fsp3) is 1.00. The number of hydrogen-bond acceptors (Lipinski definition) is 3. The molecule has 0 amide bonds. The van der Waals surface area contributed by atoms with E-state index in [1.165, 1.54) is 12.8 Å². The Bertz CT molecular complexity index is 243. The van der Waals surface area contributed by atoms with Crippen LogP contribution in [0.4, 0.5) is 0 Å². The second-order valence-electron chi connectivity index (χ2n) is 6.53. The van der Waals surface area contributed by atoms with Crippen LogP contribution in [-0.4, -0.2) is 36.5 Å². The monoisotopic (exact) mass is 255 g/mol. The average Bonchev–Trinajstić information content (AvgIpc) is 2.41. The van der Waals surface area contributed by atoms with Crippen molar-refractivity contribution < 1.29 is 9.84 Å². The largest absolute Gasteiger partial charge is 0.389 e. The van der Waals surface area contributed by atoms with E-state index in [4.69, 9.17) is 4.74 Å². The molecule has 0 spiro atoms. The summed E-state index contributed by atoms with van der Waals surface area (Å²) in [6.45, 7) is 7.11. The van der Waals surface area contributed by atoms with Gasteiger partial charge in [0.05, 0.1) is 5.60 Å². The van der Waals surface area contributed by atoms with E-state index in [-0.39, 0.29) is 0 Å². The maximum Gasteiger partial charge on any atom is 0.0771 e. The summed E-state index contributed by atoms with van der Waals surface area (Å²) in [7, 11) is 0. The molecule has 0 aromatic rings. The van der Waals surface area contributed by atoms with Crippen molar-refractivity contribution in [3.05, 3.63) is 0 Å². The van der Waals surface area contributed by atoms with E-state index < -0.39 is 5.60 Å². The molecular formula is C15H29NO2. The van der Waals surface area contributed by atoms with Gasteiger partial charge in [-0.2, -0.15) is 0 Å². The number of hydrogen-bond donors (Lipinski definition) is 2. The highest BCUT2D eigenvalue weighted by molar-refractivity contribution is 4.88. The fourth-order valence-electron chi connectivity index (χ4n) is 3.21. The van der Waals surface area contributed by atoms with Gasteiger partial charge < -0.3 is 15.2 Å². The zero-order chi connectivity index (χ0) is 13.0. The Morgan fingerprint density at radius 2 is 1.83 bits per heavy atom. The van der Waals surface area contributed by atoms with Crippen molar-refractivity contribution in [2.24, 2.45) is 11.8 Å². The van der Waals surface area contributed by atoms with Crippen molar-refractivity contribution in [2.45, 2.75) is 64.0 Å². The third-order valence-electron chi connectivity index (χ3n) is 4.93. The first-order valence-electron chi connectivity index (χ1n) is 7.62. The maximum absolute atomic E-state index is 10.5. The minimum absolute atomic E-state index is 0.452. The Morgan fingerprint density at radius 3 is 2.44 bits per heavy atom. The summed E-state index contributed by atoms with van der Waals surface area (Å²) in [5.74, 6) is 1.50. The molecule has 1 atom stereocenters. The van der Waals surface area contributed by atoms with Gasteiger partial charge in [-0.1, -0.05) is 6.92 Å². The second-order valence-corrected chi connectivity index (χ2v) is 6.53. The van der Waals surface area contributed by atoms with E-state index in [1.54, 1.807) is 0 Å². The first-order valence-corrected chi connectivity index (χ1v) is 7.62. The molecule has 3 nitrogen and oxygen atoms in total. The standard InChI is InChI=1S/C15H29NO2/c1-12-3-7-15(17,8-4-12)11-16-13(2)14-5-9-18-10-6-14/h12-14,16-17H,3-11H2,1-2H3/t12?,13-,15?/m0/s1. The molecule has 2 fully saturated rings. The van der Waals surface area contributed by atoms with Crippen LogP contribution < -0.4 is 5.32 Å². The molecule has 0 bridgehead atoms. The second kappa shape index (κ2) is 6.36. The van der Waals surface area contributed by atoms with Crippen molar-refractivity contribution in [1.82, 2.24) is 5.32 Å². The van der Waals surface area contributed by atoms with Crippen molar-refractivity contribution in [1.29, 1.82) is 0 Å². The van der Waals surface area contributed by atoms with Gasteiger partial charge in [-0.25, -0.2) is 0 Å². The van der Waals surface area contributed by atoms with Gasteiger partial charge in [-0.05, 0) is 57.3 Å². The van der Waals surface area contributed by atoms with Gasteiger partial charge in [-0.3, -0.25) is 0 Å². The van der Waals surface area contributed by atoms with Gasteiger partial charge in [0.25, 0.3) is 0 Å². The van der Waals surface area contributed by atoms with Crippen LogP contribution in [0.3, 0.4) is 0 Å². The van der Waals surface area contributed by atoms with Crippen LogP contribution in [0.25, 0.3) is 0 Å². The molecule has 1 saturated carbocycles. The van der Waals surface area contributed by atoms with E-state index in [0.29, 0.717) is 12.0 Å². The minimum Gasteiger partial charge on any atom is -0.389 e. The van der Waals surface area contributed by atoms with E-state index in [0.717, 1.165) is 51.4 Å². The third-order valence-corrected chi connectivity index (χ3v) is 4.93. The van der Waals surface area contributed by atoms with Gasteiger partial charge in [0, 0.05) is 25.8 Å². The Labute approximate surface area is 111 Å². The lowest BCUT2D eigenvalue weighted by atomic mass is 9.79. The number of aliphatic hydroxyl groups is 1. The van der Waals surface area contributed by atoms with Gasteiger partial charge in [0.15, 0.2) is 0 Å². The molecule has 1 saturated heterocycles. The van der Waals surface area contributed by atoms with Gasteiger partial charge in [0.2, 0.25) is 0 Å². The molecule has 0 unspecified atom stereocenters. The topological polar surface area (TPSA) is 41.5 Å². The maximum atomic E-state index is 10.5. The molecule has 1 heterocycles. The lowest BCUT2D eigenvalue weighted by molar-refractivity contribution is -0.0120. The lowest BCUT2D eigenvalue weighted by Crippen LogP contribution is -2.48. The Hall–Kier alpha value is -0.120. The molecule has 106 valence electrons. The average molecular weight is 255 g/mol. The summed E-state index contributed by atoms with van der Waals surface area (Å²) in [5.41, 5.74) is -0.452. The molecule has 1 aliphatic heterocycles. The van der Waals surface area contributed by atoms with Crippen LogP contribution in [-0.2, 0) is 4.74 Å². The Morgan fingerprint density at radius 1 is 1.22 bits per heavy atom. The minimum atomic E-state index is -0.452. The van der Waals surface area contributed by atoms with Crippen LogP contribution in [0.1, 0.15) is 52.4 Å². The third kappa shape index (κ3) is 3.94. The van der Waals surface area contributed by atoms with Crippen LogP contribution >= 0.6 is 0 Å². The molecule has 0 radical (unpaired) electrons. The predicted octanol–water partition coefficient (Wildman–Crippen LogP) is 2.33. The molecule has 18 heavy (non-hydrogen) atoms. The van der Waals surface area contributed by atoms with Crippen molar-refractivity contribution in [3.8, 4) is 0 Å². The van der Waals surface area contributed by atoms with Gasteiger partial charge >= 0.3 is 0 Å². The molecule has 2 rings (SSSR count). The molecule has 2 N–H and O–H groups in total. The Kier molecular flexibility index (Phi) is 5.05.